The fourth-order valence-corrected chi connectivity index (χ4v) is 3.86. The molecule has 0 heterocycles. The third-order valence-electron chi connectivity index (χ3n) is 5.43. The molecule has 4 rings (SSSR count). The normalized spacial score (nSPS) is 11.5. The minimum absolute atomic E-state index is 0.216. The van der Waals surface area contributed by atoms with Crippen LogP contribution in [-0.4, -0.2) is 45.6 Å². The van der Waals surface area contributed by atoms with Crippen LogP contribution in [0.4, 0.5) is 0 Å². The Morgan fingerprint density at radius 1 is 0.719 bits per heavy atom. The third-order valence-corrected chi connectivity index (χ3v) is 5.43. The van der Waals surface area contributed by atoms with E-state index in [9.17, 15) is 4.79 Å². The molecule has 0 aromatic heterocycles. The number of carbonyl (C=O) groups excluding carboxylic acids is 1. The van der Waals surface area contributed by atoms with Crippen LogP contribution in [0.1, 0.15) is 12.5 Å². The molecular formula is C27H28O5. The van der Waals surface area contributed by atoms with E-state index < -0.39 is 5.97 Å². The Morgan fingerprint density at radius 3 is 1.97 bits per heavy atom. The van der Waals surface area contributed by atoms with Gasteiger partial charge >= 0.3 is 5.97 Å². The summed E-state index contributed by atoms with van der Waals surface area (Å²) in [6.07, 6.45) is 0. The van der Waals surface area contributed by atoms with E-state index >= 15 is 0 Å². The number of ether oxygens (including phenoxy) is 4. The summed E-state index contributed by atoms with van der Waals surface area (Å²) in [7, 11) is 0. The van der Waals surface area contributed by atoms with Crippen molar-refractivity contribution in [2.75, 3.05) is 39.6 Å². The van der Waals surface area contributed by atoms with Gasteiger partial charge in [-0.15, -0.1) is 0 Å². The highest BCUT2D eigenvalue weighted by atomic mass is 16.6. The first-order valence-corrected chi connectivity index (χ1v) is 10.9. The molecule has 0 bridgehead atoms. The molecule has 4 aromatic rings. The van der Waals surface area contributed by atoms with Crippen molar-refractivity contribution in [2.45, 2.75) is 13.5 Å². The summed E-state index contributed by atoms with van der Waals surface area (Å²) in [4.78, 5) is 11.2. The molecule has 0 N–H and O–H groups in total. The molecule has 0 saturated carbocycles. The van der Waals surface area contributed by atoms with Gasteiger partial charge in [-0.3, -0.25) is 0 Å². The molecule has 5 heteroatoms. The molecule has 0 amide bonds. The fourth-order valence-electron chi connectivity index (χ4n) is 3.86. The third kappa shape index (κ3) is 5.07. The van der Waals surface area contributed by atoms with E-state index in [2.05, 4.69) is 61.2 Å². The standard InChI is InChI=1S/C27H28O5/c1-19(2)27(28)32-17-16-30-13-12-29-14-15-31-18-23-9-8-22-7-6-20-4-3-5-21-10-11-24(23)26(22)25(20)21/h3-11H,1,12-18H2,2H3. The molecule has 0 aliphatic rings. The zero-order valence-electron chi connectivity index (χ0n) is 18.4. The van der Waals surface area contributed by atoms with Crippen LogP contribution in [0, 0.1) is 0 Å². The number of esters is 1. The maximum Gasteiger partial charge on any atom is 0.333 e. The van der Waals surface area contributed by atoms with Crippen molar-refractivity contribution in [3.63, 3.8) is 0 Å². The number of benzene rings is 4. The second kappa shape index (κ2) is 10.6. The van der Waals surface area contributed by atoms with Gasteiger partial charge in [0.15, 0.2) is 0 Å². The summed E-state index contributed by atoms with van der Waals surface area (Å²) in [5, 5.41) is 7.66. The molecule has 0 fully saturated rings. The minimum atomic E-state index is -0.397. The van der Waals surface area contributed by atoms with E-state index in [0.717, 1.165) is 0 Å². The average molecular weight is 433 g/mol. The largest absolute Gasteiger partial charge is 0.460 e. The zero-order chi connectivity index (χ0) is 22.3. The van der Waals surface area contributed by atoms with Gasteiger partial charge in [0.2, 0.25) is 0 Å². The predicted molar refractivity (Wildman–Crippen MR) is 127 cm³/mol. The van der Waals surface area contributed by atoms with Gasteiger partial charge in [-0.1, -0.05) is 61.2 Å². The van der Waals surface area contributed by atoms with Gasteiger partial charge in [0.25, 0.3) is 0 Å². The van der Waals surface area contributed by atoms with E-state index in [4.69, 9.17) is 18.9 Å². The Kier molecular flexibility index (Phi) is 7.32. The van der Waals surface area contributed by atoms with Crippen LogP contribution in [0.5, 0.6) is 0 Å². The molecule has 0 atom stereocenters. The van der Waals surface area contributed by atoms with Crippen LogP contribution in [0.3, 0.4) is 0 Å². The van der Waals surface area contributed by atoms with Gasteiger partial charge in [-0.05, 0) is 44.8 Å². The molecule has 4 aromatic carbocycles. The van der Waals surface area contributed by atoms with Gasteiger partial charge in [0.1, 0.15) is 6.61 Å². The summed E-state index contributed by atoms with van der Waals surface area (Å²) < 4.78 is 21.7. The van der Waals surface area contributed by atoms with Crippen molar-refractivity contribution in [2.24, 2.45) is 0 Å². The van der Waals surface area contributed by atoms with Gasteiger partial charge in [-0.2, -0.15) is 0 Å². The molecule has 0 radical (unpaired) electrons. The van der Waals surface area contributed by atoms with E-state index in [-0.39, 0.29) is 6.61 Å². The maximum atomic E-state index is 11.2. The molecule has 5 nitrogen and oxygen atoms in total. The van der Waals surface area contributed by atoms with Crippen LogP contribution in [0.15, 0.2) is 66.7 Å². The minimum Gasteiger partial charge on any atom is -0.460 e. The van der Waals surface area contributed by atoms with Crippen molar-refractivity contribution in [1.29, 1.82) is 0 Å². The first-order chi connectivity index (χ1) is 15.6. The molecule has 0 aliphatic carbocycles. The summed E-state index contributed by atoms with van der Waals surface area (Å²) >= 11 is 0. The lowest BCUT2D eigenvalue weighted by atomic mass is 9.92. The Hall–Kier alpha value is -2.99. The van der Waals surface area contributed by atoms with Crippen molar-refractivity contribution < 1.29 is 23.7 Å². The molecule has 0 spiro atoms. The highest BCUT2D eigenvalue weighted by Crippen LogP contribution is 2.35. The Labute approximate surface area is 187 Å². The van der Waals surface area contributed by atoms with Crippen molar-refractivity contribution in [1.82, 2.24) is 0 Å². The zero-order valence-corrected chi connectivity index (χ0v) is 18.4. The van der Waals surface area contributed by atoms with Crippen molar-refractivity contribution in [3.05, 3.63) is 72.3 Å². The van der Waals surface area contributed by atoms with Gasteiger partial charge in [0.05, 0.1) is 39.6 Å². The maximum absolute atomic E-state index is 11.2. The molecule has 32 heavy (non-hydrogen) atoms. The topological polar surface area (TPSA) is 54.0 Å². The quantitative estimate of drug-likeness (QED) is 0.132. The monoisotopic (exact) mass is 432 g/mol. The SMILES string of the molecule is C=C(C)C(=O)OCCOCCOCCOCc1ccc2ccc3cccc4ccc1c2c34. The van der Waals surface area contributed by atoms with Crippen molar-refractivity contribution in [3.8, 4) is 0 Å². The molecular weight excluding hydrogens is 404 g/mol. The summed E-state index contributed by atoms with van der Waals surface area (Å²) in [6.45, 7) is 8.17. The van der Waals surface area contributed by atoms with E-state index in [1.54, 1.807) is 6.92 Å². The fraction of sp³-hybridized carbons (Fsp3) is 0.296. The molecule has 166 valence electrons. The van der Waals surface area contributed by atoms with Gasteiger partial charge < -0.3 is 18.9 Å². The van der Waals surface area contributed by atoms with Crippen LogP contribution < -0.4 is 0 Å². The summed E-state index contributed by atoms with van der Waals surface area (Å²) in [5.41, 5.74) is 1.57. The lowest BCUT2D eigenvalue weighted by Crippen LogP contribution is -2.14. The summed E-state index contributed by atoms with van der Waals surface area (Å²) in [6, 6.07) is 19.5. The van der Waals surface area contributed by atoms with Crippen LogP contribution in [0.25, 0.3) is 32.3 Å². The Balaban J connectivity index is 1.20. The second-order valence-electron chi connectivity index (χ2n) is 7.77. The lowest BCUT2D eigenvalue weighted by Gasteiger charge is -2.14. The van der Waals surface area contributed by atoms with Gasteiger partial charge in [0, 0.05) is 5.57 Å². The predicted octanol–water partition coefficient (Wildman–Crippen LogP) is 5.25. The Morgan fingerprint density at radius 2 is 1.28 bits per heavy atom. The van der Waals surface area contributed by atoms with Gasteiger partial charge in [-0.25, -0.2) is 4.79 Å². The van der Waals surface area contributed by atoms with E-state index in [1.165, 1.54) is 37.9 Å². The molecule has 0 unspecified atom stereocenters. The van der Waals surface area contributed by atoms with Crippen LogP contribution >= 0.6 is 0 Å². The lowest BCUT2D eigenvalue weighted by molar-refractivity contribution is -0.140. The second-order valence-corrected chi connectivity index (χ2v) is 7.77. The van der Waals surface area contributed by atoms with E-state index in [0.29, 0.717) is 45.2 Å². The number of rotatable bonds is 12. The highest BCUT2D eigenvalue weighted by Gasteiger charge is 2.10. The number of carbonyl (C=O) groups is 1. The number of hydrogen-bond donors (Lipinski definition) is 0. The average Bonchev–Trinajstić information content (AvgIpc) is 2.81. The highest BCUT2D eigenvalue weighted by molar-refractivity contribution is 6.23. The first-order valence-electron chi connectivity index (χ1n) is 10.9. The molecule has 0 saturated heterocycles. The number of hydrogen-bond acceptors (Lipinski definition) is 5. The van der Waals surface area contributed by atoms with Crippen LogP contribution in [0.2, 0.25) is 0 Å². The molecule has 0 aliphatic heterocycles. The summed E-state index contributed by atoms with van der Waals surface area (Å²) in [5.74, 6) is -0.397. The van der Waals surface area contributed by atoms with E-state index in [1.807, 2.05) is 0 Å². The van der Waals surface area contributed by atoms with Crippen molar-refractivity contribution >= 4 is 38.3 Å². The van der Waals surface area contributed by atoms with Crippen LogP contribution in [-0.2, 0) is 30.3 Å². The smallest absolute Gasteiger partial charge is 0.333 e. The first kappa shape index (κ1) is 22.2. The Bertz CT molecular complexity index is 1200.